The van der Waals surface area contributed by atoms with Crippen molar-refractivity contribution in [2.45, 2.75) is 127 Å². The summed E-state index contributed by atoms with van der Waals surface area (Å²) in [5.74, 6) is -3.21. The zero-order valence-electron chi connectivity index (χ0n) is 32.6. The van der Waals surface area contributed by atoms with Gasteiger partial charge in [-0.1, -0.05) is 26.0 Å². The van der Waals surface area contributed by atoms with Crippen LogP contribution in [0.1, 0.15) is 85.3 Å². The number of nitrogens with zero attached hydrogens (tertiary/aromatic N) is 3. The Labute approximate surface area is 333 Å². The molecule has 0 radical (unpaired) electrons. The monoisotopic (exact) mass is 838 g/mol. The second-order valence-corrected chi connectivity index (χ2v) is 19.8. The van der Waals surface area contributed by atoms with E-state index in [0.29, 0.717) is 63.1 Å². The fourth-order valence-electron chi connectivity index (χ4n) is 7.41. The van der Waals surface area contributed by atoms with Crippen molar-refractivity contribution < 1.29 is 50.2 Å². The number of fused-ring (bicyclic) bond motifs is 2. The molecular formula is C38H49F3N6O8S2. The van der Waals surface area contributed by atoms with Crippen LogP contribution in [0.25, 0.3) is 10.6 Å². The molecule has 0 unspecified atom stereocenters. The maximum Gasteiger partial charge on any atom is 0.427 e. The zero-order valence-corrected chi connectivity index (χ0v) is 34.3. The first kappa shape index (κ1) is 42.3. The maximum atomic E-state index is 14.7. The Morgan fingerprint density at radius 2 is 1.84 bits per heavy atom. The highest BCUT2D eigenvalue weighted by Crippen LogP contribution is 2.48. The number of thiazole rings is 1. The molecule has 6 rings (SSSR count). The number of alkyl halides is 3. The molecule has 14 nitrogen and oxygen atoms in total. The normalized spacial score (nSPS) is 29.7. The Bertz CT molecular complexity index is 2020. The third kappa shape index (κ3) is 9.08. The fourth-order valence-corrected chi connectivity index (χ4v) is 9.30. The number of alkyl carbamates (subject to hydrolysis) is 1. The molecule has 1 saturated heterocycles. The van der Waals surface area contributed by atoms with E-state index in [2.05, 4.69) is 25.3 Å². The van der Waals surface area contributed by atoms with Crippen molar-refractivity contribution in [2.75, 3.05) is 6.54 Å². The summed E-state index contributed by atoms with van der Waals surface area (Å²) in [5, 5.41) is 5.19. The minimum atomic E-state index is -4.91. The minimum Gasteiger partial charge on any atom is -0.488 e. The number of allylic oxidation sites excluding steroid dienone is 1. The predicted octanol–water partition coefficient (Wildman–Crippen LogP) is 5.18. The number of hydrogen-bond donors (Lipinski definition) is 3. The molecule has 4 aliphatic rings. The van der Waals surface area contributed by atoms with E-state index in [1.54, 1.807) is 50.7 Å². The van der Waals surface area contributed by atoms with Crippen LogP contribution in [-0.2, 0) is 29.1 Å². The molecule has 0 spiro atoms. The van der Waals surface area contributed by atoms with Crippen molar-refractivity contribution in [2.24, 2.45) is 17.8 Å². The number of halogens is 3. The van der Waals surface area contributed by atoms with Crippen LogP contribution in [0, 0.1) is 24.7 Å². The SMILES string of the molecule is Cc1cc(O[C@@H]2C[C@H]3C(=O)N[C@]4(C(=O)NS(=O)(=O)C5(C)CC5)C[C@H]4/C=C\CC[C@H](C)C[C@@H](C)[C@H](NC(=O)OC(C)(C)C(F)(F)F)C(=O)N3C2)cc(-c2cncs2)n1. The number of aryl methyl sites for hydroxylation is 1. The van der Waals surface area contributed by atoms with E-state index < -0.39 is 85.9 Å². The molecule has 57 heavy (non-hydrogen) atoms. The van der Waals surface area contributed by atoms with Gasteiger partial charge in [-0.05, 0) is 78.1 Å². The van der Waals surface area contributed by atoms with E-state index in [1.807, 2.05) is 13.0 Å². The second-order valence-electron chi connectivity index (χ2n) is 16.7. The van der Waals surface area contributed by atoms with Crippen molar-refractivity contribution in [1.29, 1.82) is 0 Å². The smallest absolute Gasteiger partial charge is 0.427 e. The van der Waals surface area contributed by atoms with E-state index in [-0.39, 0.29) is 25.3 Å². The molecule has 3 fully saturated rings. The van der Waals surface area contributed by atoms with E-state index in [0.717, 1.165) is 4.88 Å². The largest absolute Gasteiger partial charge is 0.488 e. The molecule has 4 heterocycles. The van der Waals surface area contributed by atoms with Gasteiger partial charge in [0, 0.05) is 36.4 Å². The van der Waals surface area contributed by atoms with Gasteiger partial charge in [0.05, 0.1) is 27.4 Å². The summed E-state index contributed by atoms with van der Waals surface area (Å²) in [4.78, 5) is 66.8. The number of nitrogens with one attached hydrogen (secondary N) is 3. The maximum absolute atomic E-state index is 14.7. The van der Waals surface area contributed by atoms with E-state index in [4.69, 9.17) is 9.47 Å². The summed E-state index contributed by atoms with van der Waals surface area (Å²) in [6, 6.07) is 0.679. The Kier molecular flexibility index (Phi) is 11.5. The molecule has 2 aliphatic carbocycles. The summed E-state index contributed by atoms with van der Waals surface area (Å²) in [6.45, 7) is 8.17. The van der Waals surface area contributed by atoms with Crippen molar-refractivity contribution >= 4 is 45.2 Å². The summed E-state index contributed by atoms with van der Waals surface area (Å²) in [6.07, 6.45) is 0.486. The van der Waals surface area contributed by atoms with Gasteiger partial charge in [0.1, 0.15) is 29.5 Å². The molecule has 2 aromatic heterocycles. The molecule has 312 valence electrons. The van der Waals surface area contributed by atoms with Crippen LogP contribution in [0.15, 0.2) is 36.0 Å². The topological polar surface area (TPSA) is 186 Å². The minimum absolute atomic E-state index is 0.0286. The van der Waals surface area contributed by atoms with Gasteiger partial charge in [-0.25, -0.2) is 13.2 Å². The highest BCUT2D eigenvalue weighted by Gasteiger charge is 2.63. The average molecular weight is 839 g/mol. The first-order valence-electron chi connectivity index (χ1n) is 19.0. The van der Waals surface area contributed by atoms with Crippen molar-refractivity contribution in [1.82, 2.24) is 30.2 Å². The van der Waals surface area contributed by atoms with Gasteiger partial charge in [0.25, 0.3) is 5.91 Å². The highest BCUT2D eigenvalue weighted by atomic mass is 32.2. The average Bonchev–Trinajstić information content (AvgIpc) is 3.85. The quantitative estimate of drug-likeness (QED) is 0.299. The number of sulfonamides is 1. The number of carbonyl (C=O) groups excluding carboxylic acids is 4. The van der Waals surface area contributed by atoms with Crippen molar-refractivity contribution in [3.8, 4) is 16.3 Å². The van der Waals surface area contributed by atoms with E-state index in [9.17, 15) is 40.8 Å². The van der Waals surface area contributed by atoms with Crippen molar-refractivity contribution in [3.05, 3.63) is 41.7 Å². The number of ether oxygens (including phenoxy) is 2. The van der Waals surface area contributed by atoms with Crippen LogP contribution < -0.4 is 20.1 Å². The van der Waals surface area contributed by atoms with Gasteiger partial charge in [-0.3, -0.25) is 29.1 Å². The molecule has 19 heteroatoms. The predicted molar refractivity (Wildman–Crippen MR) is 203 cm³/mol. The molecule has 2 aromatic rings. The molecule has 2 aliphatic heterocycles. The molecular weight excluding hydrogens is 790 g/mol. The van der Waals surface area contributed by atoms with Gasteiger partial charge in [0.2, 0.25) is 27.4 Å². The Morgan fingerprint density at radius 3 is 2.49 bits per heavy atom. The zero-order chi connectivity index (χ0) is 41.7. The Morgan fingerprint density at radius 1 is 1.12 bits per heavy atom. The van der Waals surface area contributed by atoms with Crippen molar-refractivity contribution in [3.63, 3.8) is 0 Å². The Balaban J connectivity index is 1.34. The lowest BCUT2D eigenvalue weighted by Gasteiger charge is -2.34. The number of amides is 4. The number of hydrogen-bond acceptors (Lipinski definition) is 11. The molecule has 4 amide bonds. The lowest BCUT2D eigenvalue weighted by atomic mass is 9.88. The van der Waals surface area contributed by atoms with Crippen LogP contribution in [0.3, 0.4) is 0 Å². The van der Waals surface area contributed by atoms with Gasteiger partial charge in [-0.2, -0.15) is 13.2 Å². The fraction of sp³-hybridized carbons (Fsp3) is 0.632. The third-order valence-corrected chi connectivity index (χ3v) is 14.4. The summed E-state index contributed by atoms with van der Waals surface area (Å²) in [7, 11) is -4.07. The molecule has 3 N–H and O–H groups in total. The van der Waals surface area contributed by atoms with Crippen LogP contribution in [0.2, 0.25) is 0 Å². The number of aromatic nitrogens is 2. The summed E-state index contributed by atoms with van der Waals surface area (Å²) < 4.78 is 79.8. The summed E-state index contributed by atoms with van der Waals surface area (Å²) in [5.41, 5.74) is -1.63. The Hall–Kier alpha value is -4.26. The van der Waals surface area contributed by atoms with Gasteiger partial charge >= 0.3 is 12.3 Å². The molecule has 7 atom stereocenters. The van der Waals surface area contributed by atoms with Crippen LogP contribution >= 0.6 is 11.3 Å². The van der Waals surface area contributed by atoms with Crippen LogP contribution in [-0.4, -0.2) is 93.9 Å². The summed E-state index contributed by atoms with van der Waals surface area (Å²) >= 11 is 1.38. The van der Waals surface area contributed by atoms with Crippen LogP contribution in [0.5, 0.6) is 5.75 Å². The number of pyridine rings is 1. The third-order valence-electron chi connectivity index (χ3n) is 11.5. The second kappa shape index (κ2) is 15.5. The van der Waals surface area contributed by atoms with E-state index in [1.165, 1.54) is 16.2 Å². The molecule has 0 aromatic carbocycles. The first-order chi connectivity index (χ1) is 26.5. The highest BCUT2D eigenvalue weighted by molar-refractivity contribution is 7.91. The lowest BCUT2D eigenvalue weighted by molar-refractivity contribution is -0.244. The number of carbonyl (C=O) groups is 4. The molecule has 0 bridgehead atoms. The van der Waals surface area contributed by atoms with Gasteiger partial charge in [-0.15, -0.1) is 11.3 Å². The van der Waals surface area contributed by atoms with E-state index >= 15 is 0 Å². The lowest BCUT2D eigenvalue weighted by Crippen LogP contribution is -2.59. The van der Waals surface area contributed by atoms with Gasteiger partial charge < -0.3 is 25.0 Å². The first-order valence-corrected chi connectivity index (χ1v) is 21.4. The molecule has 2 saturated carbocycles. The van der Waals surface area contributed by atoms with Crippen LogP contribution in [0.4, 0.5) is 18.0 Å². The standard InChI is InChI=1S/C38H49F3N6O8S2/c1-21-9-7-8-10-24-17-37(24,33(50)46-57(52,53)36(6)11-12-36)45-31(48)28-16-26(54-25-14-23(3)43-27(15-25)29-18-42-20-56-29)19-47(28)32(49)30(22(2)13-21)44-34(51)55-35(4,5)38(39,40)41/h8,10,14-15,18,20-22,24,26,28,30H,7,9,11-13,16-17,19H2,1-6H3,(H,44,51)(H,45,48)(H,46,50)/b10-8-/t21-,22+,24+,26+,28-,30-,37+/m0/s1. The van der Waals surface area contributed by atoms with Gasteiger partial charge in [0.15, 0.2) is 0 Å². The number of rotatable bonds is 8.